The summed E-state index contributed by atoms with van der Waals surface area (Å²) in [5.41, 5.74) is 0.783. The van der Waals surface area contributed by atoms with Gasteiger partial charge in [0.1, 0.15) is 6.04 Å². The van der Waals surface area contributed by atoms with E-state index < -0.39 is 22.0 Å². The van der Waals surface area contributed by atoms with Crippen molar-refractivity contribution in [1.29, 1.82) is 0 Å². The zero-order valence-electron chi connectivity index (χ0n) is 9.12. The Morgan fingerprint density at radius 2 is 2.18 bits per heavy atom. The van der Waals surface area contributed by atoms with Crippen molar-refractivity contribution in [3.8, 4) is 0 Å². The maximum atomic E-state index is 11.8. The van der Waals surface area contributed by atoms with Crippen LogP contribution in [-0.2, 0) is 14.8 Å². The van der Waals surface area contributed by atoms with Gasteiger partial charge >= 0.3 is 5.97 Å². The highest BCUT2D eigenvalue weighted by Crippen LogP contribution is 2.11. The topological polar surface area (TPSA) is 83.5 Å². The van der Waals surface area contributed by atoms with Crippen LogP contribution in [0.4, 0.5) is 0 Å². The van der Waals surface area contributed by atoms with Gasteiger partial charge in [0.05, 0.1) is 4.90 Å². The molecule has 0 aliphatic heterocycles. The molecule has 0 amide bonds. The van der Waals surface area contributed by atoms with Crippen molar-refractivity contribution in [2.75, 3.05) is 5.75 Å². The minimum Gasteiger partial charge on any atom is -0.480 e. The molecule has 5 nitrogen and oxygen atoms in total. The van der Waals surface area contributed by atoms with E-state index in [1.54, 1.807) is 19.1 Å². The molecule has 1 aromatic carbocycles. The van der Waals surface area contributed by atoms with Crippen molar-refractivity contribution < 1.29 is 18.3 Å². The van der Waals surface area contributed by atoms with Crippen LogP contribution in [0, 0.1) is 6.92 Å². The Balaban J connectivity index is 3.00. The number of carbonyl (C=O) groups is 1. The number of hydrogen-bond donors (Lipinski definition) is 3. The van der Waals surface area contributed by atoms with Gasteiger partial charge in [-0.25, -0.2) is 8.42 Å². The quantitative estimate of drug-likeness (QED) is 0.689. The van der Waals surface area contributed by atoms with Gasteiger partial charge in [0.25, 0.3) is 0 Å². The summed E-state index contributed by atoms with van der Waals surface area (Å²) in [6.07, 6.45) is 0. The lowest BCUT2D eigenvalue weighted by Crippen LogP contribution is -2.42. The van der Waals surface area contributed by atoms with E-state index in [0.29, 0.717) is 0 Å². The molecular formula is C10H13NO4S2. The van der Waals surface area contributed by atoms with Gasteiger partial charge in [-0.15, -0.1) is 0 Å². The normalized spacial score (nSPS) is 13.3. The second-order valence-corrected chi connectivity index (χ2v) is 5.59. The highest BCUT2D eigenvalue weighted by Gasteiger charge is 2.23. The summed E-state index contributed by atoms with van der Waals surface area (Å²) in [7, 11) is -3.82. The lowest BCUT2D eigenvalue weighted by atomic mass is 10.2. The fourth-order valence-corrected chi connectivity index (χ4v) is 2.87. The maximum absolute atomic E-state index is 11.8. The molecule has 0 aromatic heterocycles. The molecule has 1 aromatic rings. The van der Waals surface area contributed by atoms with E-state index in [1.165, 1.54) is 12.1 Å². The summed E-state index contributed by atoms with van der Waals surface area (Å²) in [6, 6.07) is 5.00. The van der Waals surface area contributed by atoms with E-state index in [4.69, 9.17) is 5.11 Å². The standard InChI is InChI=1S/C10H13NO4S2/c1-7-3-2-4-8(5-7)17(14,15)11-9(6-16)10(12)13/h2-5,9,11,16H,6H2,1H3,(H,12,13). The predicted molar refractivity (Wildman–Crippen MR) is 66.8 cm³/mol. The molecule has 7 heteroatoms. The number of benzene rings is 1. The van der Waals surface area contributed by atoms with E-state index in [2.05, 4.69) is 17.4 Å². The molecule has 17 heavy (non-hydrogen) atoms. The number of aryl methyl sites for hydroxylation is 1. The van der Waals surface area contributed by atoms with Crippen LogP contribution in [0.2, 0.25) is 0 Å². The van der Waals surface area contributed by atoms with Gasteiger partial charge in [-0.1, -0.05) is 12.1 Å². The summed E-state index contributed by atoms with van der Waals surface area (Å²) >= 11 is 3.79. The monoisotopic (exact) mass is 275 g/mol. The number of aliphatic carboxylic acids is 1. The Hall–Kier alpha value is -1.05. The molecule has 1 atom stereocenters. The van der Waals surface area contributed by atoms with Crippen molar-refractivity contribution >= 4 is 28.6 Å². The molecule has 1 unspecified atom stereocenters. The number of thiol groups is 1. The van der Waals surface area contributed by atoms with Crippen LogP contribution in [0.15, 0.2) is 29.2 Å². The molecule has 0 saturated carbocycles. The summed E-state index contributed by atoms with van der Waals surface area (Å²) in [6.45, 7) is 1.76. The molecule has 0 heterocycles. The first-order chi connectivity index (χ1) is 7.86. The van der Waals surface area contributed by atoms with E-state index in [0.717, 1.165) is 5.56 Å². The largest absolute Gasteiger partial charge is 0.480 e. The van der Waals surface area contributed by atoms with E-state index in [-0.39, 0.29) is 10.6 Å². The van der Waals surface area contributed by atoms with Crippen molar-refractivity contribution in [1.82, 2.24) is 4.72 Å². The second kappa shape index (κ2) is 5.52. The zero-order valence-corrected chi connectivity index (χ0v) is 10.8. The van der Waals surface area contributed by atoms with Crippen LogP contribution in [0.3, 0.4) is 0 Å². The summed E-state index contributed by atoms with van der Waals surface area (Å²) in [4.78, 5) is 10.8. The van der Waals surface area contributed by atoms with Gasteiger partial charge < -0.3 is 5.11 Å². The predicted octanol–water partition coefficient (Wildman–Crippen LogP) is 0.656. The molecule has 0 fully saturated rings. The summed E-state index contributed by atoms with van der Waals surface area (Å²) in [5, 5.41) is 8.76. The van der Waals surface area contributed by atoms with Crippen molar-refractivity contribution in [2.45, 2.75) is 17.9 Å². The molecule has 0 spiro atoms. The van der Waals surface area contributed by atoms with Crippen molar-refractivity contribution in [3.05, 3.63) is 29.8 Å². The van der Waals surface area contributed by atoms with Gasteiger partial charge in [0.2, 0.25) is 10.0 Å². The number of rotatable bonds is 5. The number of nitrogens with one attached hydrogen (secondary N) is 1. The van der Waals surface area contributed by atoms with E-state index in [9.17, 15) is 13.2 Å². The van der Waals surface area contributed by atoms with Crippen LogP contribution in [0.5, 0.6) is 0 Å². The van der Waals surface area contributed by atoms with Gasteiger partial charge in [-0.05, 0) is 24.6 Å². The van der Waals surface area contributed by atoms with E-state index in [1.807, 2.05) is 0 Å². The molecular weight excluding hydrogens is 262 g/mol. The molecule has 2 N–H and O–H groups in total. The van der Waals surface area contributed by atoms with Crippen LogP contribution < -0.4 is 4.72 Å². The highest BCUT2D eigenvalue weighted by atomic mass is 32.2. The smallest absolute Gasteiger partial charge is 0.322 e. The zero-order chi connectivity index (χ0) is 13.1. The number of hydrogen-bond acceptors (Lipinski definition) is 4. The molecule has 94 valence electrons. The molecule has 1 rings (SSSR count). The average Bonchev–Trinajstić information content (AvgIpc) is 2.25. The lowest BCUT2D eigenvalue weighted by Gasteiger charge is -2.12. The average molecular weight is 275 g/mol. The Kier molecular flexibility index (Phi) is 4.55. The third-order valence-electron chi connectivity index (χ3n) is 2.08. The van der Waals surface area contributed by atoms with Gasteiger partial charge in [-0.2, -0.15) is 17.4 Å². The Morgan fingerprint density at radius 3 is 2.65 bits per heavy atom. The third-order valence-corrected chi connectivity index (χ3v) is 3.91. The van der Waals surface area contributed by atoms with Crippen molar-refractivity contribution in [3.63, 3.8) is 0 Å². The summed E-state index contributed by atoms with van der Waals surface area (Å²) in [5.74, 6) is -1.36. The highest BCUT2D eigenvalue weighted by molar-refractivity contribution is 7.89. The Bertz CT molecular complexity index is 513. The number of carboxylic acids is 1. The summed E-state index contributed by atoms with van der Waals surface area (Å²) < 4.78 is 25.8. The minimum atomic E-state index is -3.82. The molecule has 0 radical (unpaired) electrons. The lowest BCUT2D eigenvalue weighted by molar-refractivity contribution is -0.138. The fourth-order valence-electron chi connectivity index (χ4n) is 1.20. The fraction of sp³-hybridized carbons (Fsp3) is 0.300. The molecule has 0 aliphatic rings. The first-order valence-electron chi connectivity index (χ1n) is 4.79. The van der Waals surface area contributed by atoms with E-state index >= 15 is 0 Å². The van der Waals surface area contributed by atoms with Gasteiger partial charge in [-0.3, -0.25) is 4.79 Å². The van der Waals surface area contributed by atoms with Crippen LogP contribution >= 0.6 is 12.6 Å². The van der Waals surface area contributed by atoms with Gasteiger partial charge in [0, 0.05) is 5.75 Å². The number of sulfonamides is 1. The van der Waals surface area contributed by atoms with Crippen LogP contribution in [0.25, 0.3) is 0 Å². The Labute approximate surface area is 105 Å². The third kappa shape index (κ3) is 3.72. The van der Waals surface area contributed by atoms with Crippen LogP contribution in [-0.4, -0.2) is 31.3 Å². The van der Waals surface area contributed by atoms with Crippen LogP contribution in [0.1, 0.15) is 5.56 Å². The molecule has 0 bridgehead atoms. The molecule has 0 saturated heterocycles. The van der Waals surface area contributed by atoms with Gasteiger partial charge in [0.15, 0.2) is 0 Å². The SMILES string of the molecule is Cc1cccc(S(=O)(=O)NC(CS)C(=O)O)c1. The molecule has 0 aliphatic carbocycles. The Morgan fingerprint density at radius 1 is 1.53 bits per heavy atom. The first-order valence-corrected chi connectivity index (χ1v) is 6.91. The number of carboxylic acid groups (broad SMARTS) is 1. The first kappa shape index (κ1) is 14.0. The second-order valence-electron chi connectivity index (χ2n) is 3.51. The maximum Gasteiger partial charge on any atom is 0.322 e. The van der Waals surface area contributed by atoms with Crippen molar-refractivity contribution in [2.24, 2.45) is 0 Å². The minimum absolute atomic E-state index is 0.0468.